The topological polar surface area (TPSA) is 62.1 Å². The van der Waals surface area contributed by atoms with Crippen LogP contribution in [0.3, 0.4) is 0 Å². The first-order chi connectivity index (χ1) is 13.4. The predicted octanol–water partition coefficient (Wildman–Crippen LogP) is 4.22. The van der Waals surface area contributed by atoms with Crippen molar-refractivity contribution in [2.75, 3.05) is 6.54 Å². The van der Waals surface area contributed by atoms with Crippen LogP contribution in [0.15, 0.2) is 58.1 Å². The molecule has 0 amide bonds. The van der Waals surface area contributed by atoms with Crippen LogP contribution >= 0.6 is 0 Å². The zero-order valence-electron chi connectivity index (χ0n) is 14.9. The number of halogens is 3. The minimum Gasteiger partial charge on any atom is -0.472 e. The van der Waals surface area contributed by atoms with Crippen LogP contribution < -0.4 is 5.56 Å². The number of likely N-dealkylation sites (tertiary alicyclic amines) is 1. The van der Waals surface area contributed by atoms with Crippen LogP contribution in [0.5, 0.6) is 0 Å². The number of furan rings is 1. The molecule has 1 aromatic carbocycles. The lowest BCUT2D eigenvalue weighted by Gasteiger charge is -2.27. The molecule has 1 fully saturated rings. The summed E-state index contributed by atoms with van der Waals surface area (Å²) in [5.74, 6) is 0.321. The Kier molecular flexibility index (Phi) is 4.80. The third-order valence-corrected chi connectivity index (χ3v) is 4.95. The van der Waals surface area contributed by atoms with Crippen LogP contribution in [0.2, 0.25) is 0 Å². The molecule has 3 heterocycles. The predicted molar refractivity (Wildman–Crippen MR) is 97.5 cm³/mol. The summed E-state index contributed by atoms with van der Waals surface area (Å²) >= 11 is 0. The lowest BCUT2D eigenvalue weighted by atomic mass is 10.1. The first-order valence-electron chi connectivity index (χ1n) is 8.95. The number of aromatic amines is 1. The third-order valence-electron chi connectivity index (χ3n) is 4.95. The van der Waals surface area contributed by atoms with Crippen molar-refractivity contribution in [1.82, 2.24) is 14.9 Å². The van der Waals surface area contributed by atoms with E-state index in [2.05, 4.69) is 9.97 Å². The zero-order chi connectivity index (χ0) is 19.7. The van der Waals surface area contributed by atoms with Gasteiger partial charge in [-0.05, 0) is 31.0 Å². The maximum absolute atomic E-state index is 13.3. The van der Waals surface area contributed by atoms with Gasteiger partial charge in [-0.15, -0.1) is 0 Å². The fourth-order valence-electron chi connectivity index (χ4n) is 3.64. The van der Waals surface area contributed by atoms with Crippen molar-refractivity contribution in [2.45, 2.75) is 31.6 Å². The van der Waals surface area contributed by atoms with Gasteiger partial charge in [-0.1, -0.05) is 24.3 Å². The van der Waals surface area contributed by atoms with E-state index in [1.165, 1.54) is 23.5 Å². The zero-order valence-corrected chi connectivity index (χ0v) is 14.9. The number of nitrogens with zero attached hydrogens (tertiary/aromatic N) is 2. The number of hydrogen-bond donors (Lipinski definition) is 1. The Morgan fingerprint density at radius 1 is 1.25 bits per heavy atom. The van der Waals surface area contributed by atoms with Gasteiger partial charge in [0, 0.05) is 23.7 Å². The summed E-state index contributed by atoms with van der Waals surface area (Å²) in [4.78, 5) is 20.8. The molecule has 4 rings (SSSR count). The Bertz CT molecular complexity index is 1010. The fourth-order valence-corrected chi connectivity index (χ4v) is 3.64. The van der Waals surface area contributed by atoms with E-state index in [9.17, 15) is 18.0 Å². The van der Waals surface area contributed by atoms with Crippen molar-refractivity contribution >= 4 is 0 Å². The molecule has 2 aromatic heterocycles. The lowest BCUT2D eigenvalue weighted by molar-refractivity contribution is -0.177. The van der Waals surface area contributed by atoms with E-state index in [1.807, 2.05) is 0 Å². The molecule has 1 aliphatic rings. The molecule has 1 atom stereocenters. The van der Waals surface area contributed by atoms with Crippen LogP contribution in [0.4, 0.5) is 13.2 Å². The average Bonchev–Trinajstić information content (AvgIpc) is 3.33. The van der Waals surface area contributed by atoms with Crippen molar-refractivity contribution in [3.05, 3.63) is 64.8 Å². The summed E-state index contributed by atoms with van der Waals surface area (Å²) in [6.45, 7) is 0.525. The Hall–Kier alpha value is -2.87. The minimum atomic E-state index is -4.25. The van der Waals surface area contributed by atoms with Gasteiger partial charge in [-0.25, -0.2) is 4.98 Å². The van der Waals surface area contributed by atoms with Crippen LogP contribution in [-0.2, 0) is 6.54 Å². The van der Waals surface area contributed by atoms with E-state index in [1.54, 1.807) is 30.3 Å². The fraction of sp³-hybridized carbons (Fsp3) is 0.300. The van der Waals surface area contributed by atoms with E-state index < -0.39 is 12.2 Å². The molecule has 1 saturated heterocycles. The summed E-state index contributed by atoms with van der Waals surface area (Å²) < 4.78 is 44.9. The van der Waals surface area contributed by atoms with Gasteiger partial charge in [0.1, 0.15) is 11.9 Å². The molecule has 28 heavy (non-hydrogen) atoms. The summed E-state index contributed by atoms with van der Waals surface area (Å²) in [6, 6.07) is 8.68. The molecule has 146 valence electrons. The smallest absolute Gasteiger partial charge is 0.404 e. The monoisotopic (exact) mass is 389 g/mol. The number of alkyl halides is 3. The molecule has 3 aromatic rings. The number of hydrogen-bond acceptors (Lipinski definition) is 4. The highest BCUT2D eigenvalue weighted by Gasteiger charge is 2.45. The molecule has 8 heteroatoms. The molecular formula is C20H18F3N3O2. The Morgan fingerprint density at radius 2 is 2.07 bits per heavy atom. The summed E-state index contributed by atoms with van der Waals surface area (Å²) in [5, 5.41) is 0. The van der Waals surface area contributed by atoms with Gasteiger partial charge < -0.3 is 9.40 Å². The number of aromatic nitrogens is 2. The molecule has 5 nitrogen and oxygen atoms in total. The molecule has 1 unspecified atom stereocenters. The van der Waals surface area contributed by atoms with Gasteiger partial charge in [0.15, 0.2) is 0 Å². The maximum Gasteiger partial charge on any atom is 0.404 e. The van der Waals surface area contributed by atoms with Crippen molar-refractivity contribution in [3.63, 3.8) is 0 Å². The highest BCUT2D eigenvalue weighted by molar-refractivity contribution is 5.64. The first kappa shape index (κ1) is 18.5. The quantitative estimate of drug-likeness (QED) is 0.726. The molecular weight excluding hydrogens is 371 g/mol. The van der Waals surface area contributed by atoms with E-state index in [4.69, 9.17) is 4.42 Å². The molecule has 0 radical (unpaired) electrons. The van der Waals surface area contributed by atoms with Gasteiger partial charge in [0.05, 0.1) is 18.2 Å². The molecule has 0 bridgehead atoms. The van der Waals surface area contributed by atoms with Crippen molar-refractivity contribution < 1.29 is 17.6 Å². The van der Waals surface area contributed by atoms with E-state index >= 15 is 0 Å². The molecule has 0 saturated carbocycles. The van der Waals surface area contributed by atoms with E-state index in [-0.39, 0.29) is 18.5 Å². The van der Waals surface area contributed by atoms with Gasteiger partial charge >= 0.3 is 6.18 Å². The van der Waals surface area contributed by atoms with Crippen molar-refractivity contribution in [1.29, 1.82) is 0 Å². The number of rotatable bonds is 4. The van der Waals surface area contributed by atoms with Crippen molar-refractivity contribution in [3.8, 4) is 22.6 Å². The lowest BCUT2D eigenvalue weighted by Crippen LogP contribution is -2.40. The normalized spacial score (nSPS) is 17.9. The SMILES string of the molecule is O=c1cc(-c2ccoc2)nc(-c2ccccc2CN2CCCC2C(F)(F)F)[nH]1. The standard InChI is InChI=1S/C20H18F3N3O2/c21-20(22,23)17-6-3-8-26(17)11-13-4-1-2-5-15(13)19-24-16(10-18(27)25-19)14-7-9-28-12-14/h1-2,4-5,7,9-10,12,17H,3,6,8,11H2,(H,24,25,27). The summed E-state index contributed by atoms with van der Waals surface area (Å²) in [6.07, 6.45) is -0.667. The summed E-state index contributed by atoms with van der Waals surface area (Å²) in [5.41, 5.74) is 2.05. The van der Waals surface area contributed by atoms with Crippen LogP contribution in [0.1, 0.15) is 18.4 Å². The Balaban J connectivity index is 1.70. The number of H-pyrrole nitrogens is 1. The van der Waals surface area contributed by atoms with E-state index in [0.29, 0.717) is 41.2 Å². The van der Waals surface area contributed by atoms with Crippen molar-refractivity contribution in [2.24, 2.45) is 0 Å². The minimum absolute atomic E-state index is 0.108. The second-order valence-corrected chi connectivity index (χ2v) is 6.82. The van der Waals surface area contributed by atoms with Crippen LogP contribution in [-0.4, -0.2) is 33.6 Å². The maximum atomic E-state index is 13.3. The largest absolute Gasteiger partial charge is 0.472 e. The average molecular weight is 389 g/mol. The molecule has 0 spiro atoms. The second-order valence-electron chi connectivity index (χ2n) is 6.82. The van der Waals surface area contributed by atoms with Gasteiger partial charge in [-0.2, -0.15) is 13.2 Å². The van der Waals surface area contributed by atoms with Gasteiger partial charge in [-0.3, -0.25) is 9.69 Å². The highest BCUT2D eigenvalue weighted by atomic mass is 19.4. The number of nitrogens with one attached hydrogen (secondary N) is 1. The second kappa shape index (κ2) is 7.27. The van der Waals surface area contributed by atoms with Gasteiger partial charge in [0.25, 0.3) is 5.56 Å². The van der Waals surface area contributed by atoms with E-state index in [0.717, 1.165) is 0 Å². The van der Waals surface area contributed by atoms with Crippen LogP contribution in [0, 0.1) is 0 Å². The number of benzene rings is 1. The molecule has 1 aliphatic heterocycles. The van der Waals surface area contributed by atoms with Crippen LogP contribution in [0.25, 0.3) is 22.6 Å². The van der Waals surface area contributed by atoms with Gasteiger partial charge in [0.2, 0.25) is 0 Å². The molecule has 1 N–H and O–H groups in total. The molecule has 0 aliphatic carbocycles. The summed E-state index contributed by atoms with van der Waals surface area (Å²) in [7, 11) is 0. The Labute approximate surface area is 158 Å². The first-order valence-corrected chi connectivity index (χ1v) is 8.95. The third kappa shape index (κ3) is 3.73. The highest BCUT2D eigenvalue weighted by Crippen LogP contribution is 2.34. The Morgan fingerprint density at radius 3 is 2.82 bits per heavy atom.